The van der Waals surface area contributed by atoms with Crippen molar-refractivity contribution in [1.82, 2.24) is 20.2 Å². The van der Waals surface area contributed by atoms with Crippen molar-refractivity contribution in [3.05, 3.63) is 53.9 Å². The lowest BCUT2D eigenvalue weighted by Gasteiger charge is -2.33. The number of anilines is 1. The molecule has 0 unspecified atom stereocenters. The SMILES string of the molecule is CNc1ncc(C(=O)NCCN2CCC[C@@H](c3ccccc3)C2)cn1. The van der Waals surface area contributed by atoms with E-state index in [0.717, 1.165) is 19.6 Å². The summed E-state index contributed by atoms with van der Waals surface area (Å²) in [7, 11) is 1.75. The third-order valence-corrected chi connectivity index (χ3v) is 4.63. The predicted molar refractivity (Wildman–Crippen MR) is 98.8 cm³/mol. The maximum Gasteiger partial charge on any atom is 0.254 e. The quantitative estimate of drug-likeness (QED) is 0.844. The summed E-state index contributed by atoms with van der Waals surface area (Å²) in [6.07, 6.45) is 5.52. The number of hydrogen-bond donors (Lipinski definition) is 2. The molecule has 2 heterocycles. The third kappa shape index (κ3) is 4.76. The highest BCUT2D eigenvalue weighted by molar-refractivity contribution is 5.93. The minimum absolute atomic E-state index is 0.126. The van der Waals surface area contributed by atoms with Gasteiger partial charge in [0, 0.05) is 39.1 Å². The molecule has 6 heteroatoms. The number of carbonyl (C=O) groups is 1. The van der Waals surface area contributed by atoms with Crippen molar-refractivity contribution in [3.63, 3.8) is 0 Å². The number of nitrogens with one attached hydrogen (secondary N) is 2. The molecule has 1 saturated heterocycles. The first-order valence-electron chi connectivity index (χ1n) is 8.81. The molecule has 1 atom stereocenters. The number of piperidine rings is 1. The number of carbonyl (C=O) groups excluding carboxylic acids is 1. The molecule has 0 bridgehead atoms. The molecule has 0 spiro atoms. The fourth-order valence-corrected chi connectivity index (χ4v) is 3.26. The molecule has 132 valence electrons. The molecule has 1 amide bonds. The lowest BCUT2D eigenvalue weighted by molar-refractivity contribution is 0.0945. The van der Waals surface area contributed by atoms with Gasteiger partial charge in [-0.05, 0) is 30.9 Å². The summed E-state index contributed by atoms with van der Waals surface area (Å²) in [5.41, 5.74) is 1.90. The lowest BCUT2D eigenvalue weighted by Crippen LogP contribution is -2.40. The molecule has 1 aromatic carbocycles. The van der Waals surface area contributed by atoms with Crippen LogP contribution in [0, 0.1) is 0 Å². The Morgan fingerprint density at radius 3 is 2.72 bits per heavy atom. The van der Waals surface area contributed by atoms with E-state index in [1.54, 1.807) is 19.4 Å². The standard InChI is InChI=1S/C19H25N5O/c1-20-19-22-12-17(13-23-19)18(25)21-9-11-24-10-5-8-16(14-24)15-6-3-2-4-7-15/h2-4,6-7,12-13,16H,5,8-11,14H2,1H3,(H,21,25)(H,20,22,23)/t16-/m1/s1. The summed E-state index contributed by atoms with van der Waals surface area (Å²) in [6.45, 7) is 3.65. The van der Waals surface area contributed by atoms with E-state index in [4.69, 9.17) is 0 Å². The van der Waals surface area contributed by atoms with Gasteiger partial charge in [-0.25, -0.2) is 9.97 Å². The van der Waals surface area contributed by atoms with Gasteiger partial charge in [0.25, 0.3) is 5.91 Å². The summed E-state index contributed by atoms with van der Waals surface area (Å²) in [4.78, 5) is 22.7. The molecule has 1 aliphatic heterocycles. The predicted octanol–water partition coefficient (Wildman–Crippen LogP) is 2.13. The Morgan fingerprint density at radius 1 is 1.24 bits per heavy atom. The van der Waals surface area contributed by atoms with E-state index in [-0.39, 0.29) is 5.91 Å². The van der Waals surface area contributed by atoms with Gasteiger partial charge in [-0.3, -0.25) is 4.79 Å². The number of likely N-dealkylation sites (tertiary alicyclic amines) is 1. The van der Waals surface area contributed by atoms with Crippen molar-refractivity contribution >= 4 is 11.9 Å². The van der Waals surface area contributed by atoms with E-state index < -0.39 is 0 Å². The summed E-state index contributed by atoms with van der Waals surface area (Å²) in [5.74, 6) is 0.976. The summed E-state index contributed by atoms with van der Waals surface area (Å²) in [5, 5.41) is 5.79. The molecule has 6 nitrogen and oxygen atoms in total. The lowest BCUT2D eigenvalue weighted by atomic mass is 9.91. The fraction of sp³-hybridized carbons (Fsp3) is 0.421. The Bertz CT molecular complexity index is 674. The molecular formula is C19H25N5O. The minimum atomic E-state index is -0.126. The Morgan fingerprint density at radius 2 is 2.00 bits per heavy atom. The number of benzene rings is 1. The first kappa shape index (κ1) is 17.4. The Labute approximate surface area is 148 Å². The normalized spacial score (nSPS) is 17.9. The molecule has 1 fully saturated rings. The first-order chi connectivity index (χ1) is 12.3. The molecule has 0 saturated carbocycles. The van der Waals surface area contributed by atoms with Crippen molar-refractivity contribution < 1.29 is 4.79 Å². The monoisotopic (exact) mass is 339 g/mol. The van der Waals surface area contributed by atoms with Crippen LogP contribution in [-0.4, -0.2) is 54.0 Å². The van der Waals surface area contributed by atoms with Gasteiger partial charge in [-0.1, -0.05) is 30.3 Å². The largest absolute Gasteiger partial charge is 0.357 e. The highest BCUT2D eigenvalue weighted by Crippen LogP contribution is 2.26. The zero-order chi connectivity index (χ0) is 17.5. The van der Waals surface area contributed by atoms with Crippen LogP contribution in [0.15, 0.2) is 42.7 Å². The van der Waals surface area contributed by atoms with Gasteiger partial charge in [-0.2, -0.15) is 0 Å². The molecule has 0 aliphatic carbocycles. The summed E-state index contributed by atoms with van der Waals surface area (Å²) >= 11 is 0. The first-order valence-corrected chi connectivity index (χ1v) is 8.81. The van der Waals surface area contributed by atoms with E-state index in [2.05, 4.69) is 55.8 Å². The second-order valence-electron chi connectivity index (χ2n) is 6.35. The van der Waals surface area contributed by atoms with E-state index in [1.807, 2.05) is 0 Å². The van der Waals surface area contributed by atoms with Crippen LogP contribution >= 0.6 is 0 Å². The van der Waals surface area contributed by atoms with Gasteiger partial charge >= 0.3 is 0 Å². The highest BCUT2D eigenvalue weighted by Gasteiger charge is 2.20. The molecule has 0 radical (unpaired) electrons. The van der Waals surface area contributed by atoms with Crippen LogP contribution in [0.1, 0.15) is 34.7 Å². The van der Waals surface area contributed by atoms with Crippen LogP contribution in [0.25, 0.3) is 0 Å². The third-order valence-electron chi connectivity index (χ3n) is 4.63. The maximum atomic E-state index is 12.1. The van der Waals surface area contributed by atoms with Crippen molar-refractivity contribution in [2.24, 2.45) is 0 Å². The zero-order valence-electron chi connectivity index (χ0n) is 14.6. The van der Waals surface area contributed by atoms with Crippen LogP contribution < -0.4 is 10.6 Å². The second kappa shape index (κ2) is 8.58. The number of rotatable bonds is 6. The minimum Gasteiger partial charge on any atom is -0.357 e. The molecular weight excluding hydrogens is 314 g/mol. The van der Waals surface area contributed by atoms with Crippen molar-refractivity contribution in [3.8, 4) is 0 Å². The molecule has 1 aromatic heterocycles. The van der Waals surface area contributed by atoms with Crippen LogP contribution in [0.4, 0.5) is 5.95 Å². The highest BCUT2D eigenvalue weighted by atomic mass is 16.1. The van der Waals surface area contributed by atoms with Crippen LogP contribution in [0.2, 0.25) is 0 Å². The van der Waals surface area contributed by atoms with Gasteiger partial charge < -0.3 is 15.5 Å². The van der Waals surface area contributed by atoms with E-state index in [1.165, 1.54) is 18.4 Å². The number of nitrogens with zero attached hydrogens (tertiary/aromatic N) is 3. The van der Waals surface area contributed by atoms with Crippen molar-refractivity contribution in [2.75, 3.05) is 38.5 Å². The zero-order valence-corrected chi connectivity index (χ0v) is 14.6. The topological polar surface area (TPSA) is 70.2 Å². The van der Waals surface area contributed by atoms with Gasteiger partial charge in [0.05, 0.1) is 5.56 Å². The van der Waals surface area contributed by atoms with Crippen LogP contribution in [0.5, 0.6) is 0 Å². The number of hydrogen-bond acceptors (Lipinski definition) is 5. The molecule has 2 N–H and O–H groups in total. The Hall–Kier alpha value is -2.47. The molecule has 1 aliphatic rings. The molecule has 25 heavy (non-hydrogen) atoms. The fourth-order valence-electron chi connectivity index (χ4n) is 3.26. The van der Waals surface area contributed by atoms with E-state index in [9.17, 15) is 4.79 Å². The summed E-state index contributed by atoms with van der Waals surface area (Å²) in [6, 6.07) is 10.7. The number of aromatic nitrogens is 2. The van der Waals surface area contributed by atoms with Gasteiger partial charge in [0.15, 0.2) is 0 Å². The average molecular weight is 339 g/mol. The smallest absolute Gasteiger partial charge is 0.254 e. The molecule has 2 aromatic rings. The van der Waals surface area contributed by atoms with Gasteiger partial charge in [0.2, 0.25) is 5.95 Å². The van der Waals surface area contributed by atoms with E-state index >= 15 is 0 Å². The van der Waals surface area contributed by atoms with Crippen molar-refractivity contribution in [2.45, 2.75) is 18.8 Å². The maximum absolute atomic E-state index is 12.1. The average Bonchev–Trinajstić information content (AvgIpc) is 2.69. The van der Waals surface area contributed by atoms with E-state index in [0.29, 0.717) is 24.0 Å². The van der Waals surface area contributed by atoms with Crippen molar-refractivity contribution in [1.29, 1.82) is 0 Å². The summed E-state index contributed by atoms with van der Waals surface area (Å²) < 4.78 is 0. The molecule has 3 rings (SSSR count). The van der Waals surface area contributed by atoms with Crippen LogP contribution in [-0.2, 0) is 0 Å². The van der Waals surface area contributed by atoms with Crippen LogP contribution in [0.3, 0.4) is 0 Å². The number of amides is 1. The Balaban J connectivity index is 1.45. The second-order valence-corrected chi connectivity index (χ2v) is 6.35. The van der Waals surface area contributed by atoms with Gasteiger partial charge in [-0.15, -0.1) is 0 Å². The van der Waals surface area contributed by atoms with Gasteiger partial charge in [0.1, 0.15) is 0 Å². The Kier molecular flexibility index (Phi) is 5.95.